The molecule has 4 aromatic rings. The number of anilines is 1. The van der Waals surface area contributed by atoms with Gasteiger partial charge in [0, 0.05) is 41.8 Å². The summed E-state index contributed by atoms with van der Waals surface area (Å²) >= 11 is 6.06. The molecule has 0 fully saturated rings. The van der Waals surface area contributed by atoms with E-state index in [1.165, 1.54) is 11.1 Å². The number of amides is 1. The Morgan fingerprint density at radius 2 is 2.00 bits per heavy atom. The Labute approximate surface area is 185 Å². The maximum absolute atomic E-state index is 12.7. The zero-order valence-electron chi connectivity index (χ0n) is 17.2. The Morgan fingerprint density at radius 1 is 1.16 bits per heavy atom. The molecule has 31 heavy (non-hydrogen) atoms. The fourth-order valence-corrected chi connectivity index (χ4v) is 4.24. The molecule has 3 heterocycles. The van der Waals surface area contributed by atoms with Crippen molar-refractivity contribution in [3.05, 3.63) is 93.8 Å². The first-order valence-corrected chi connectivity index (χ1v) is 10.7. The third kappa shape index (κ3) is 3.89. The van der Waals surface area contributed by atoms with Crippen LogP contribution in [0.4, 0.5) is 5.82 Å². The number of carbonyl (C=O) groups is 1. The molecule has 1 aliphatic rings. The van der Waals surface area contributed by atoms with Gasteiger partial charge in [0.15, 0.2) is 5.76 Å². The fourth-order valence-electron chi connectivity index (χ4n) is 4.07. The first-order valence-electron chi connectivity index (χ1n) is 10.3. The van der Waals surface area contributed by atoms with Crippen LogP contribution in [0.2, 0.25) is 5.02 Å². The van der Waals surface area contributed by atoms with E-state index in [1.807, 2.05) is 31.3 Å². The average molecular weight is 432 g/mol. The van der Waals surface area contributed by atoms with Crippen molar-refractivity contribution in [2.45, 2.75) is 26.4 Å². The molecule has 0 unspecified atom stereocenters. The van der Waals surface area contributed by atoms with Gasteiger partial charge in [-0.05, 0) is 54.3 Å². The largest absolute Gasteiger partial charge is 0.451 e. The third-order valence-corrected chi connectivity index (χ3v) is 6.06. The second kappa shape index (κ2) is 8.08. The van der Waals surface area contributed by atoms with E-state index in [1.54, 1.807) is 12.1 Å². The first-order chi connectivity index (χ1) is 15.1. The molecule has 1 amide bonds. The highest BCUT2D eigenvalue weighted by Gasteiger charge is 2.19. The average Bonchev–Trinajstić information content (AvgIpc) is 3.13. The van der Waals surface area contributed by atoms with Crippen LogP contribution in [0.1, 0.15) is 32.8 Å². The monoisotopic (exact) mass is 431 g/mol. The summed E-state index contributed by atoms with van der Waals surface area (Å²) < 4.78 is 5.74. The minimum absolute atomic E-state index is 0.249. The molecule has 0 aliphatic carbocycles. The minimum atomic E-state index is -0.249. The molecule has 2 aromatic heterocycles. The molecule has 156 valence electrons. The molecule has 0 radical (unpaired) electrons. The van der Waals surface area contributed by atoms with E-state index in [9.17, 15) is 4.79 Å². The maximum Gasteiger partial charge on any atom is 0.287 e. The Balaban J connectivity index is 1.25. The van der Waals surface area contributed by atoms with E-state index < -0.39 is 0 Å². The first kappa shape index (κ1) is 19.6. The number of aryl methyl sites for hydroxylation is 1. The predicted molar refractivity (Wildman–Crippen MR) is 123 cm³/mol. The Morgan fingerprint density at radius 3 is 2.81 bits per heavy atom. The van der Waals surface area contributed by atoms with Gasteiger partial charge in [0.25, 0.3) is 5.91 Å². The van der Waals surface area contributed by atoms with E-state index in [-0.39, 0.29) is 5.91 Å². The van der Waals surface area contributed by atoms with Crippen molar-refractivity contribution in [1.29, 1.82) is 0 Å². The second-order valence-electron chi connectivity index (χ2n) is 7.84. The Hall–Kier alpha value is -3.31. The number of pyridine rings is 1. The lowest BCUT2D eigenvalue weighted by atomic mass is 10.00. The molecule has 0 saturated carbocycles. The molecule has 0 spiro atoms. The molecule has 2 aromatic carbocycles. The lowest BCUT2D eigenvalue weighted by Crippen LogP contribution is -2.31. The van der Waals surface area contributed by atoms with Gasteiger partial charge in [-0.15, -0.1) is 0 Å². The van der Waals surface area contributed by atoms with Gasteiger partial charge < -0.3 is 14.6 Å². The lowest BCUT2D eigenvalue weighted by molar-refractivity contribution is 0.0924. The van der Waals surface area contributed by atoms with Crippen LogP contribution in [0.5, 0.6) is 0 Å². The highest BCUT2D eigenvalue weighted by molar-refractivity contribution is 6.31. The van der Waals surface area contributed by atoms with Crippen LogP contribution in [0.25, 0.3) is 11.0 Å². The van der Waals surface area contributed by atoms with Gasteiger partial charge >= 0.3 is 0 Å². The van der Waals surface area contributed by atoms with Crippen molar-refractivity contribution < 1.29 is 9.21 Å². The van der Waals surface area contributed by atoms with E-state index in [0.29, 0.717) is 22.9 Å². The number of hydrogen-bond acceptors (Lipinski definition) is 4. The normalized spacial score (nSPS) is 13.3. The number of nitrogens with one attached hydrogen (secondary N) is 1. The summed E-state index contributed by atoms with van der Waals surface area (Å²) in [4.78, 5) is 19.6. The van der Waals surface area contributed by atoms with E-state index >= 15 is 0 Å². The molecular formula is C25H22ClN3O2. The molecule has 1 N–H and O–H groups in total. The SMILES string of the molecule is Cc1c(C(=O)NCc2ccc(N3CCc4ccccc4C3)nc2)oc2ccc(Cl)cc12. The summed E-state index contributed by atoms with van der Waals surface area (Å²) in [7, 11) is 0. The molecule has 0 atom stereocenters. The number of halogens is 1. The molecule has 0 saturated heterocycles. The van der Waals surface area contributed by atoms with Gasteiger partial charge in [-0.2, -0.15) is 0 Å². The van der Waals surface area contributed by atoms with Crippen molar-refractivity contribution >= 4 is 34.3 Å². The summed E-state index contributed by atoms with van der Waals surface area (Å²) in [5.41, 5.74) is 5.15. The number of fused-ring (bicyclic) bond motifs is 2. The number of rotatable bonds is 4. The zero-order valence-corrected chi connectivity index (χ0v) is 17.9. The maximum atomic E-state index is 12.7. The highest BCUT2D eigenvalue weighted by Crippen LogP contribution is 2.28. The Bertz CT molecular complexity index is 1260. The van der Waals surface area contributed by atoms with Gasteiger partial charge in [-0.1, -0.05) is 41.9 Å². The molecule has 5 nitrogen and oxygen atoms in total. The van der Waals surface area contributed by atoms with Crippen LogP contribution in [-0.4, -0.2) is 17.4 Å². The summed E-state index contributed by atoms with van der Waals surface area (Å²) in [5, 5.41) is 4.40. The summed E-state index contributed by atoms with van der Waals surface area (Å²) in [5.74, 6) is 1.02. The summed E-state index contributed by atoms with van der Waals surface area (Å²) in [6.45, 7) is 4.07. The number of aromatic nitrogens is 1. The van der Waals surface area contributed by atoms with Crippen molar-refractivity contribution in [2.24, 2.45) is 0 Å². The van der Waals surface area contributed by atoms with Gasteiger partial charge in [0.1, 0.15) is 11.4 Å². The van der Waals surface area contributed by atoms with Crippen LogP contribution in [0, 0.1) is 6.92 Å². The minimum Gasteiger partial charge on any atom is -0.451 e. The van der Waals surface area contributed by atoms with Gasteiger partial charge in [-0.3, -0.25) is 4.79 Å². The number of hydrogen-bond donors (Lipinski definition) is 1. The molecule has 6 heteroatoms. The van der Waals surface area contributed by atoms with E-state index in [0.717, 1.165) is 41.8 Å². The highest BCUT2D eigenvalue weighted by atomic mass is 35.5. The fraction of sp³-hybridized carbons (Fsp3) is 0.200. The molecule has 1 aliphatic heterocycles. The number of carbonyl (C=O) groups excluding carboxylic acids is 1. The summed E-state index contributed by atoms with van der Waals surface area (Å²) in [6.07, 6.45) is 2.85. The summed E-state index contributed by atoms with van der Waals surface area (Å²) in [6, 6.07) is 17.9. The van der Waals surface area contributed by atoms with Gasteiger partial charge in [-0.25, -0.2) is 4.98 Å². The van der Waals surface area contributed by atoms with Crippen LogP contribution in [0.15, 0.2) is 65.2 Å². The van der Waals surface area contributed by atoms with Crippen molar-refractivity contribution in [1.82, 2.24) is 10.3 Å². The van der Waals surface area contributed by atoms with Crippen LogP contribution in [0.3, 0.4) is 0 Å². The number of benzene rings is 2. The Kier molecular flexibility index (Phi) is 5.12. The van der Waals surface area contributed by atoms with E-state index in [2.05, 4.69) is 39.5 Å². The smallest absolute Gasteiger partial charge is 0.287 e. The third-order valence-electron chi connectivity index (χ3n) is 5.82. The molecule has 5 rings (SSSR count). The van der Waals surface area contributed by atoms with E-state index in [4.69, 9.17) is 16.0 Å². The molecular weight excluding hydrogens is 410 g/mol. The zero-order chi connectivity index (χ0) is 21.4. The van der Waals surface area contributed by atoms with Crippen LogP contribution < -0.4 is 10.2 Å². The van der Waals surface area contributed by atoms with Crippen molar-refractivity contribution in [3.8, 4) is 0 Å². The predicted octanol–water partition coefficient (Wildman–Crippen LogP) is 5.28. The number of nitrogens with zero attached hydrogens (tertiary/aromatic N) is 2. The van der Waals surface area contributed by atoms with Crippen molar-refractivity contribution in [3.63, 3.8) is 0 Å². The number of furan rings is 1. The lowest BCUT2D eigenvalue weighted by Gasteiger charge is -2.29. The van der Waals surface area contributed by atoms with Gasteiger partial charge in [0.2, 0.25) is 0 Å². The standard InChI is InChI=1S/C25H22ClN3O2/c1-16-21-12-20(26)7-8-22(21)31-24(16)25(30)28-14-17-6-9-23(27-13-17)29-11-10-18-4-2-3-5-19(18)15-29/h2-9,12-13H,10-11,14-15H2,1H3,(H,28,30). The van der Waals surface area contributed by atoms with Gasteiger partial charge in [0.05, 0.1) is 0 Å². The quantitative estimate of drug-likeness (QED) is 0.477. The molecule has 0 bridgehead atoms. The van der Waals surface area contributed by atoms with Crippen LogP contribution >= 0.6 is 11.6 Å². The second-order valence-corrected chi connectivity index (χ2v) is 8.28. The van der Waals surface area contributed by atoms with Crippen LogP contribution in [-0.2, 0) is 19.5 Å². The topological polar surface area (TPSA) is 58.4 Å². The van der Waals surface area contributed by atoms with Crippen molar-refractivity contribution in [2.75, 3.05) is 11.4 Å².